The lowest BCUT2D eigenvalue weighted by Gasteiger charge is -2.37. The van der Waals surface area contributed by atoms with Crippen LogP contribution in [0.2, 0.25) is 0 Å². The van der Waals surface area contributed by atoms with Crippen molar-refractivity contribution in [2.75, 3.05) is 42.8 Å². The molecule has 1 saturated carbocycles. The molecule has 190 valence electrons. The Labute approximate surface area is 213 Å². The summed E-state index contributed by atoms with van der Waals surface area (Å²) in [4.78, 5) is 19.3. The zero-order chi connectivity index (χ0) is 25.5. The number of anilines is 4. The molecular formula is C27H28N6O4. The number of hydrogen-bond acceptors (Lipinski definition) is 8. The van der Waals surface area contributed by atoms with E-state index in [4.69, 9.17) is 9.47 Å². The van der Waals surface area contributed by atoms with Crippen LogP contribution in [0.3, 0.4) is 0 Å². The lowest BCUT2D eigenvalue weighted by atomic mass is 10.1. The van der Waals surface area contributed by atoms with E-state index in [1.165, 1.54) is 0 Å². The highest BCUT2D eigenvalue weighted by atomic mass is 16.5. The van der Waals surface area contributed by atoms with E-state index in [9.17, 15) is 9.90 Å². The van der Waals surface area contributed by atoms with Crippen LogP contribution in [0.5, 0.6) is 11.5 Å². The maximum absolute atomic E-state index is 12.7. The number of β-amino-alcohol motifs (C(OH)–C–C–N with tert-alkyl or cyclic N) is 1. The quantitative estimate of drug-likeness (QED) is 0.289. The van der Waals surface area contributed by atoms with Gasteiger partial charge in [-0.25, -0.2) is 4.98 Å². The fraction of sp³-hybridized carbons (Fsp3) is 0.296. The van der Waals surface area contributed by atoms with Crippen LogP contribution in [0, 0.1) is 5.92 Å². The maximum atomic E-state index is 12.7. The first-order chi connectivity index (χ1) is 18.0. The topological polar surface area (TPSA) is 125 Å². The standard InChI is InChI=1S/C27H28N6O4/c1-36-19-6-4-16(5-7-19)29-27(35)22-11-21(22)15-3-8-20-23(9-15)31-32-25(20)30-26-24(37-2)10-17(12-28-26)33-13-18(34)14-33/h3-10,12,18,21-22,34H,11,13-14H2,1-2H3,(H,29,35)(H2,28,30,31,32)/t21-,22?/m0/s1. The van der Waals surface area contributed by atoms with Crippen molar-refractivity contribution in [3.8, 4) is 11.5 Å². The summed E-state index contributed by atoms with van der Waals surface area (Å²) in [5.41, 5.74) is 3.65. The van der Waals surface area contributed by atoms with Crippen molar-refractivity contribution >= 4 is 39.8 Å². The van der Waals surface area contributed by atoms with Gasteiger partial charge in [-0.05, 0) is 54.3 Å². The highest BCUT2D eigenvalue weighted by Gasteiger charge is 2.44. The van der Waals surface area contributed by atoms with Gasteiger partial charge in [-0.2, -0.15) is 5.10 Å². The number of amides is 1. The average Bonchev–Trinajstić information content (AvgIpc) is 3.62. The number of fused-ring (bicyclic) bond motifs is 1. The summed E-state index contributed by atoms with van der Waals surface area (Å²) in [6.45, 7) is 1.18. The van der Waals surface area contributed by atoms with Crippen LogP contribution in [-0.2, 0) is 4.79 Å². The molecule has 0 radical (unpaired) electrons. The molecule has 1 amide bonds. The van der Waals surface area contributed by atoms with Gasteiger partial charge in [-0.1, -0.05) is 6.07 Å². The second-order valence-electron chi connectivity index (χ2n) is 9.47. The molecule has 2 aromatic carbocycles. The van der Waals surface area contributed by atoms with Gasteiger partial charge in [-0.15, -0.1) is 0 Å². The molecule has 10 nitrogen and oxygen atoms in total. The van der Waals surface area contributed by atoms with E-state index in [0.717, 1.165) is 40.0 Å². The second-order valence-corrected chi connectivity index (χ2v) is 9.47. The van der Waals surface area contributed by atoms with E-state index in [2.05, 4.69) is 37.9 Å². The van der Waals surface area contributed by atoms with Crippen molar-refractivity contribution in [2.45, 2.75) is 18.4 Å². The summed E-state index contributed by atoms with van der Waals surface area (Å²) in [5, 5.41) is 24.3. The number of H-pyrrole nitrogens is 1. The fourth-order valence-corrected chi connectivity index (χ4v) is 4.76. The number of nitrogens with one attached hydrogen (secondary N) is 3. The van der Waals surface area contributed by atoms with Gasteiger partial charge >= 0.3 is 0 Å². The van der Waals surface area contributed by atoms with E-state index >= 15 is 0 Å². The number of rotatable bonds is 8. The van der Waals surface area contributed by atoms with Gasteiger partial charge in [0.25, 0.3) is 0 Å². The zero-order valence-electron chi connectivity index (χ0n) is 20.6. The summed E-state index contributed by atoms with van der Waals surface area (Å²) in [5.74, 6) is 2.69. The van der Waals surface area contributed by atoms with Crippen LogP contribution in [-0.4, -0.2) is 59.6 Å². The largest absolute Gasteiger partial charge is 0.497 e. The first-order valence-electron chi connectivity index (χ1n) is 12.2. The minimum Gasteiger partial charge on any atom is -0.497 e. The highest BCUT2D eigenvalue weighted by molar-refractivity contribution is 5.96. The van der Waals surface area contributed by atoms with Crippen molar-refractivity contribution in [1.29, 1.82) is 0 Å². The predicted molar refractivity (Wildman–Crippen MR) is 141 cm³/mol. The van der Waals surface area contributed by atoms with Crippen LogP contribution in [0.15, 0.2) is 54.7 Å². The molecule has 3 heterocycles. The first-order valence-corrected chi connectivity index (χ1v) is 12.2. The molecule has 2 fully saturated rings. The number of aromatic nitrogens is 3. The Balaban J connectivity index is 1.13. The van der Waals surface area contributed by atoms with E-state index in [1.807, 2.05) is 41.3 Å². The number of nitrogens with zero attached hydrogens (tertiary/aromatic N) is 3. The SMILES string of the molecule is COc1ccc(NC(=O)C2C[C@H]2c2ccc3c(Nc4ncc(N5CC(O)C5)cc4OC)n[nH]c3c2)cc1. The van der Waals surface area contributed by atoms with Crippen molar-refractivity contribution < 1.29 is 19.4 Å². The molecule has 6 rings (SSSR count). The van der Waals surface area contributed by atoms with Crippen molar-refractivity contribution in [3.63, 3.8) is 0 Å². The minimum atomic E-state index is -0.294. The number of carbonyl (C=O) groups excluding carboxylic acids is 1. The summed E-state index contributed by atoms with van der Waals surface area (Å²) in [6, 6.07) is 15.4. The van der Waals surface area contributed by atoms with Crippen LogP contribution >= 0.6 is 0 Å². The van der Waals surface area contributed by atoms with E-state index < -0.39 is 0 Å². The normalized spacial score (nSPS) is 18.8. The number of aromatic amines is 1. The molecule has 0 bridgehead atoms. The molecule has 4 N–H and O–H groups in total. The van der Waals surface area contributed by atoms with Crippen LogP contribution in [0.1, 0.15) is 17.9 Å². The summed E-state index contributed by atoms with van der Waals surface area (Å²) < 4.78 is 10.7. The zero-order valence-corrected chi connectivity index (χ0v) is 20.6. The molecule has 2 aromatic heterocycles. The third-order valence-corrected chi connectivity index (χ3v) is 7.02. The monoisotopic (exact) mass is 500 g/mol. The number of pyridine rings is 1. The fourth-order valence-electron chi connectivity index (χ4n) is 4.76. The molecule has 2 aliphatic rings. The molecule has 1 saturated heterocycles. The van der Waals surface area contributed by atoms with Gasteiger partial charge < -0.3 is 30.1 Å². The molecule has 4 aromatic rings. The van der Waals surface area contributed by atoms with E-state index in [-0.39, 0.29) is 23.8 Å². The maximum Gasteiger partial charge on any atom is 0.228 e. The number of aliphatic hydroxyl groups excluding tert-OH is 1. The lowest BCUT2D eigenvalue weighted by Crippen LogP contribution is -2.50. The Bertz CT molecular complexity index is 1450. The summed E-state index contributed by atoms with van der Waals surface area (Å²) in [7, 11) is 3.22. The predicted octanol–water partition coefficient (Wildman–Crippen LogP) is 3.64. The Hall–Kier alpha value is -4.31. The number of hydrogen-bond donors (Lipinski definition) is 4. The number of benzene rings is 2. The molecule has 10 heteroatoms. The number of aliphatic hydroxyl groups is 1. The molecule has 1 aliphatic carbocycles. The summed E-state index contributed by atoms with van der Waals surface area (Å²) >= 11 is 0. The van der Waals surface area contributed by atoms with Gasteiger partial charge in [0.1, 0.15) is 5.75 Å². The minimum absolute atomic E-state index is 0.0246. The van der Waals surface area contributed by atoms with Crippen LogP contribution < -0.4 is 25.0 Å². The van der Waals surface area contributed by atoms with Crippen molar-refractivity contribution in [3.05, 3.63) is 60.3 Å². The average molecular weight is 501 g/mol. The molecule has 0 spiro atoms. The molecular weight excluding hydrogens is 472 g/mol. The van der Waals surface area contributed by atoms with E-state index in [0.29, 0.717) is 30.5 Å². The first kappa shape index (κ1) is 23.1. The Kier molecular flexibility index (Phi) is 5.80. The van der Waals surface area contributed by atoms with Gasteiger partial charge in [0.2, 0.25) is 5.91 Å². The second kappa shape index (κ2) is 9.29. The Morgan fingerprint density at radius 2 is 1.89 bits per heavy atom. The summed E-state index contributed by atoms with van der Waals surface area (Å²) in [6.07, 6.45) is 2.28. The number of ether oxygens (including phenoxy) is 2. The smallest absolute Gasteiger partial charge is 0.228 e. The van der Waals surface area contributed by atoms with Gasteiger partial charge in [-0.3, -0.25) is 9.89 Å². The number of methoxy groups -OCH3 is 2. The Morgan fingerprint density at radius 1 is 1.08 bits per heavy atom. The highest BCUT2D eigenvalue weighted by Crippen LogP contribution is 2.48. The third-order valence-electron chi connectivity index (χ3n) is 7.02. The Morgan fingerprint density at radius 3 is 2.62 bits per heavy atom. The lowest BCUT2D eigenvalue weighted by molar-refractivity contribution is -0.117. The molecule has 2 atom stereocenters. The molecule has 37 heavy (non-hydrogen) atoms. The van der Waals surface area contributed by atoms with Gasteiger partial charge in [0.05, 0.1) is 37.7 Å². The molecule has 1 unspecified atom stereocenters. The van der Waals surface area contributed by atoms with Gasteiger partial charge in [0.15, 0.2) is 17.4 Å². The number of carbonyl (C=O) groups is 1. The van der Waals surface area contributed by atoms with Crippen molar-refractivity contribution in [1.82, 2.24) is 15.2 Å². The van der Waals surface area contributed by atoms with Crippen molar-refractivity contribution in [2.24, 2.45) is 5.92 Å². The van der Waals surface area contributed by atoms with Crippen LogP contribution in [0.4, 0.5) is 23.0 Å². The van der Waals surface area contributed by atoms with Gasteiger partial charge in [0, 0.05) is 36.1 Å². The van der Waals surface area contributed by atoms with Crippen LogP contribution in [0.25, 0.3) is 10.9 Å². The third kappa shape index (κ3) is 4.51. The van der Waals surface area contributed by atoms with E-state index in [1.54, 1.807) is 20.4 Å². The molecule has 1 aliphatic heterocycles.